The lowest BCUT2D eigenvalue weighted by atomic mass is 10.1. The largest absolute Gasteiger partial charge is 0.395 e. The van der Waals surface area contributed by atoms with E-state index in [9.17, 15) is 5.11 Å². The van der Waals surface area contributed by atoms with E-state index in [4.69, 9.17) is 4.52 Å². The number of piperazine rings is 1. The molecule has 6 heteroatoms. The van der Waals surface area contributed by atoms with Gasteiger partial charge in [0.15, 0.2) is 5.82 Å². The van der Waals surface area contributed by atoms with Crippen molar-refractivity contribution in [2.45, 2.75) is 45.7 Å². The smallest absolute Gasteiger partial charge is 0.226 e. The van der Waals surface area contributed by atoms with Crippen molar-refractivity contribution in [3.63, 3.8) is 0 Å². The molecule has 1 unspecified atom stereocenters. The SMILES string of the molecule is CCCc1nc(CN2CCN(C(CC)CO)CC2)no1. The van der Waals surface area contributed by atoms with Gasteiger partial charge in [0.1, 0.15) is 0 Å². The average Bonchev–Trinajstić information content (AvgIpc) is 2.90. The topological polar surface area (TPSA) is 65.6 Å². The van der Waals surface area contributed by atoms with Crippen LogP contribution in [0.2, 0.25) is 0 Å². The van der Waals surface area contributed by atoms with E-state index in [1.807, 2.05) is 0 Å². The molecule has 0 amide bonds. The van der Waals surface area contributed by atoms with Gasteiger partial charge < -0.3 is 9.63 Å². The van der Waals surface area contributed by atoms with Crippen LogP contribution in [0.3, 0.4) is 0 Å². The Balaban J connectivity index is 1.78. The van der Waals surface area contributed by atoms with Crippen molar-refractivity contribution in [1.82, 2.24) is 19.9 Å². The summed E-state index contributed by atoms with van der Waals surface area (Å²) in [6.07, 6.45) is 2.89. The normalized spacial score (nSPS) is 19.4. The van der Waals surface area contributed by atoms with Gasteiger partial charge in [0.05, 0.1) is 13.2 Å². The van der Waals surface area contributed by atoms with Crippen molar-refractivity contribution in [1.29, 1.82) is 0 Å². The lowest BCUT2D eigenvalue weighted by Crippen LogP contribution is -2.50. The minimum atomic E-state index is 0.252. The fourth-order valence-electron chi connectivity index (χ4n) is 2.66. The molecule has 0 spiro atoms. The third-order valence-corrected chi connectivity index (χ3v) is 3.94. The number of aromatic nitrogens is 2. The van der Waals surface area contributed by atoms with E-state index in [-0.39, 0.29) is 6.61 Å². The molecule has 0 aliphatic carbocycles. The number of aliphatic hydroxyl groups is 1. The van der Waals surface area contributed by atoms with Crippen LogP contribution >= 0.6 is 0 Å². The summed E-state index contributed by atoms with van der Waals surface area (Å²) in [6, 6.07) is 0.304. The Labute approximate surface area is 120 Å². The Morgan fingerprint density at radius 2 is 2.00 bits per heavy atom. The Morgan fingerprint density at radius 1 is 1.25 bits per heavy atom. The molecule has 1 saturated heterocycles. The molecular formula is C14H26N4O2. The van der Waals surface area contributed by atoms with E-state index in [0.29, 0.717) is 6.04 Å². The summed E-state index contributed by atoms with van der Waals surface area (Å²) >= 11 is 0. The summed E-state index contributed by atoms with van der Waals surface area (Å²) in [5.74, 6) is 1.53. The van der Waals surface area contributed by atoms with Gasteiger partial charge in [-0.25, -0.2) is 0 Å². The minimum absolute atomic E-state index is 0.252. The van der Waals surface area contributed by atoms with Gasteiger partial charge in [-0.2, -0.15) is 4.98 Å². The van der Waals surface area contributed by atoms with Gasteiger partial charge in [-0.05, 0) is 12.8 Å². The predicted molar refractivity (Wildman–Crippen MR) is 76.3 cm³/mol. The molecular weight excluding hydrogens is 256 g/mol. The van der Waals surface area contributed by atoms with Gasteiger partial charge in [0.25, 0.3) is 0 Å². The molecule has 1 aliphatic rings. The van der Waals surface area contributed by atoms with E-state index >= 15 is 0 Å². The van der Waals surface area contributed by atoms with Crippen molar-refractivity contribution in [3.05, 3.63) is 11.7 Å². The fourth-order valence-corrected chi connectivity index (χ4v) is 2.66. The van der Waals surface area contributed by atoms with Gasteiger partial charge in [0.2, 0.25) is 5.89 Å². The second-order valence-corrected chi connectivity index (χ2v) is 5.41. The molecule has 0 bridgehead atoms. The molecule has 1 aromatic heterocycles. The lowest BCUT2D eigenvalue weighted by molar-refractivity contribution is 0.0596. The molecule has 0 aromatic carbocycles. The van der Waals surface area contributed by atoms with Crippen LogP contribution in [-0.2, 0) is 13.0 Å². The second-order valence-electron chi connectivity index (χ2n) is 5.41. The van der Waals surface area contributed by atoms with Crippen molar-refractivity contribution < 1.29 is 9.63 Å². The molecule has 0 radical (unpaired) electrons. The third kappa shape index (κ3) is 4.01. The molecule has 2 heterocycles. The number of hydrogen-bond donors (Lipinski definition) is 1. The molecule has 114 valence electrons. The van der Waals surface area contributed by atoms with Crippen LogP contribution in [-0.4, -0.2) is 63.9 Å². The van der Waals surface area contributed by atoms with Gasteiger partial charge >= 0.3 is 0 Å². The van der Waals surface area contributed by atoms with Crippen LogP contribution in [0, 0.1) is 0 Å². The molecule has 1 aromatic rings. The molecule has 1 aliphatic heterocycles. The summed E-state index contributed by atoms with van der Waals surface area (Å²) in [6.45, 7) is 9.23. The molecule has 1 atom stereocenters. The highest BCUT2D eigenvalue weighted by Crippen LogP contribution is 2.11. The van der Waals surface area contributed by atoms with Gasteiger partial charge in [-0.1, -0.05) is 19.0 Å². The third-order valence-electron chi connectivity index (χ3n) is 3.94. The Kier molecular flexibility index (Phi) is 5.94. The van der Waals surface area contributed by atoms with Crippen molar-refractivity contribution in [3.8, 4) is 0 Å². The number of aryl methyl sites for hydroxylation is 1. The first-order valence-corrected chi connectivity index (χ1v) is 7.65. The van der Waals surface area contributed by atoms with E-state index in [0.717, 1.165) is 63.7 Å². The van der Waals surface area contributed by atoms with Crippen molar-refractivity contribution >= 4 is 0 Å². The highest BCUT2D eigenvalue weighted by molar-refractivity contribution is 4.88. The first-order valence-electron chi connectivity index (χ1n) is 7.65. The van der Waals surface area contributed by atoms with Gasteiger partial charge in [-0.15, -0.1) is 0 Å². The van der Waals surface area contributed by atoms with Crippen molar-refractivity contribution in [2.24, 2.45) is 0 Å². The van der Waals surface area contributed by atoms with Crippen LogP contribution in [0.1, 0.15) is 38.4 Å². The quantitative estimate of drug-likeness (QED) is 0.802. The summed E-state index contributed by atoms with van der Waals surface area (Å²) < 4.78 is 5.21. The van der Waals surface area contributed by atoms with Gasteiger partial charge in [-0.3, -0.25) is 9.80 Å². The van der Waals surface area contributed by atoms with E-state index in [1.165, 1.54) is 0 Å². The summed E-state index contributed by atoms with van der Waals surface area (Å²) in [4.78, 5) is 9.13. The minimum Gasteiger partial charge on any atom is -0.395 e. The van der Waals surface area contributed by atoms with E-state index in [2.05, 4.69) is 33.8 Å². The van der Waals surface area contributed by atoms with Crippen LogP contribution in [0.4, 0.5) is 0 Å². The standard InChI is InChI=1S/C14H26N4O2/c1-3-5-14-15-13(16-20-14)10-17-6-8-18(9-7-17)12(4-2)11-19/h12,19H,3-11H2,1-2H3. The molecule has 20 heavy (non-hydrogen) atoms. The molecule has 2 rings (SSSR count). The maximum Gasteiger partial charge on any atom is 0.226 e. The summed E-state index contributed by atoms with van der Waals surface area (Å²) in [5, 5.41) is 13.4. The monoisotopic (exact) mass is 282 g/mol. The Morgan fingerprint density at radius 3 is 2.60 bits per heavy atom. The zero-order valence-electron chi connectivity index (χ0n) is 12.6. The molecule has 0 saturated carbocycles. The zero-order valence-corrected chi connectivity index (χ0v) is 12.6. The van der Waals surface area contributed by atoms with E-state index in [1.54, 1.807) is 0 Å². The number of rotatable bonds is 7. The molecule has 1 N–H and O–H groups in total. The Bertz CT molecular complexity index is 384. The second kappa shape index (κ2) is 7.71. The van der Waals surface area contributed by atoms with Crippen LogP contribution in [0.25, 0.3) is 0 Å². The van der Waals surface area contributed by atoms with E-state index < -0.39 is 0 Å². The molecule has 6 nitrogen and oxygen atoms in total. The first-order chi connectivity index (χ1) is 9.76. The fraction of sp³-hybridized carbons (Fsp3) is 0.857. The Hall–Kier alpha value is -0.980. The first kappa shape index (κ1) is 15.4. The lowest BCUT2D eigenvalue weighted by Gasteiger charge is -2.37. The average molecular weight is 282 g/mol. The highest BCUT2D eigenvalue weighted by Gasteiger charge is 2.23. The maximum atomic E-state index is 9.34. The number of hydrogen-bond acceptors (Lipinski definition) is 6. The molecule has 1 fully saturated rings. The van der Waals surface area contributed by atoms with Crippen LogP contribution < -0.4 is 0 Å². The highest BCUT2D eigenvalue weighted by atomic mass is 16.5. The van der Waals surface area contributed by atoms with Crippen molar-refractivity contribution in [2.75, 3.05) is 32.8 Å². The summed E-state index contributed by atoms with van der Waals surface area (Å²) in [5.41, 5.74) is 0. The number of nitrogens with zero attached hydrogens (tertiary/aromatic N) is 4. The predicted octanol–water partition coefficient (Wildman–Crippen LogP) is 0.911. The number of aliphatic hydroxyl groups excluding tert-OH is 1. The zero-order chi connectivity index (χ0) is 14.4. The summed E-state index contributed by atoms with van der Waals surface area (Å²) in [7, 11) is 0. The maximum absolute atomic E-state index is 9.34. The van der Waals surface area contributed by atoms with Gasteiger partial charge in [0, 0.05) is 38.6 Å². The van der Waals surface area contributed by atoms with Crippen LogP contribution in [0.5, 0.6) is 0 Å². The van der Waals surface area contributed by atoms with Crippen LogP contribution in [0.15, 0.2) is 4.52 Å².